The summed E-state index contributed by atoms with van der Waals surface area (Å²) in [5.74, 6) is 0.0333. The van der Waals surface area contributed by atoms with Crippen molar-refractivity contribution in [3.05, 3.63) is 34.9 Å². The average Bonchev–Trinajstić information content (AvgIpc) is 2.75. The number of carbonyl (C=O) groups excluding carboxylic acids is 1. The fraction of sp³-hybridized carbons (Fsp3) is 0.500. The molecule has 0 saturated carbocycles. The highest BCUT2D eigenvalue weighted by Crippen LogP contribution is 2.19. The van der Waals surface area contributed by atoms with E-state index in [1.165, 1.54) is 0 Å². The quantitative estimate of drug-likeness (QED) is 0.880. The van der Waals surface area contributed by atoms with Gasteiger partial charge in [-0.1, -0.05) is 23.7 Å². The third-order valence-corrected chi connectivity index (χ3v) is 3.65. The molecule has 0 aromatic heterocycles. The molecule has 1 amide bonds. The van der Waals surface area contributed by atoms with Crippen LogP contribution in [-0.2, 0) is 4.79 Å². The Kier molecular flexibility index (Phi) is 4.80. The summed E-state index contributed by atoms with van der Waals surface area (Å²) in [5, 5.41) is 3.66. The molecule has 0 bridgehead atoms. The molecule has 2 atom stereocenters. The number of nitrogens with zero attached hydrogens (tertiary/aromatic N) is 1. The number of rotatable bonds is 4. The van der Waals surface area contributed by atoms with Gasteiger partial charge < -0.3 is 11.1 Å². The molecular formula is C14H20ClN3O. The van der Waals surface area contributed by atoms with Gasteiger partial charge in [0.15, 0.2) is 0 Å². The van der Waals surface area contributed by atoms with Gasteiger partial charge in [0.2, 0.25) is 5.91 Å². The van der Waals surface area contributed by atoms with Crippen LogP contribution in [0.4, 0.5) is 0 Å². The van der Waals surface area contributed by atoms with Crippen LogP contribution in [0, 0.1) is 0 Å². The number of hydrogen-bond acceptors (Lipinski definition) is 3. The van der Waals surface area contributed by atoms with Crippen LogP contribution in [0.3, 0.4) is 0 Å². The highest BCUT2D eigenvalue weighted by molar-refractivity contribution is 6.30. The van der Waals surface area contributed by atoms with Crippen molar-refractivity contribution >= 4 is 17.5 Å². The molecule has 1 aliphatic rings. The summed E-state index contributed by atoms with van der Waals surface area (Å²) >= 11 is 5.97. The topological polar surface area (TPSA) is 58.4 Å². The SMILES string of the molecule is CC(=O)NC1CCN(CC(N)c2cccc(Cl)c2)C1. The molecule has 1 aromatic carbocycles. The largest absolute Gasteiger partial charge is 0.352 e. The maximum Gasteiger partial charge on any atom is 0.217 e. The van der Waals surface area contributed by atoms with Crippen LogP contribution in [-0.4, -0.2) is 36.5 Å². The number of likely N-dealkylation sites (tertiary alicyclic amines) is 1. The zero-order valence-electron chi connectivity index (χ0n) is 11.1. The van der Waals surface area contributed by atoms with Crippen LogP contribution < -0.4 is 11.1 Å². The third kappa shape index (κ3) is 4.20. The molecule has 104 valence electrons. The first kappa shape index (κ1) is 14.3. The van der Waals surface area contributed by atoms with Gasteiger partial charge in [0, 0.05) is 43.7 Å². The first-order valence-electron chi connectivity index (χ1n) is 6.55. The molecule has 1 saturated heterocycles. The average molecular weight is 282 g/mol. The predicted molar refractivity (Wildman–Crippen MR) is 77.0 cm³/mol. The molecule has 2 rings (SSSR count). The lowest BCUT2D eigenvalue weighted by atomic mass is 10.1. The molecule has 0 radical (unpaired) electrons. The Bertz CT molecular complexity index is 452. The minimum Gasteiger partial charge on any atom is -0.352 e. The minimum atomic E-state index is -0.0465. The molecule has 1 aliphatic heterocycles. The molecule has 2 unspecified atom stereocenters. The predicted octanol–water partition coefficient (Wildman–Crippen LogP) is 1.55. The highest BCUT2D eigenvalue weighted by Gasteiger charge is 2.24. The summed E-state index contributed by atoms with van der Waals surface area (Å²) in [5.41, 5.74) is 7.25. The van der Waals surface area contributed by atoms with Crippen molar-refractivity contribution in [2.24, 2.45) is 5.73 Å². The third-order valence-electron chi connectivity index (χ3n) is 3.41. The standard InChI is InChI=1S/C14H20ClN3O/c1-10(19)17-13-5-6-18(8-13)9-14(16)11-3-2-4-12(15)7-11/h2-4,7,13-14H,5-6,8-9,16H2,1H3,(H,17,19). The van der Waals surface area contributed by atoms with Crippen molar-refractivity contribution in [2.45, 2.75) is 25.4 Å². The van der Waals surface area contributed by atoms with Crippen LogP contribution in [0.15, 0.2) is 24.3 Å². The van der Waals surface area contributed by atoms with E-state index in [0.717, 1.165) is 31.6 Å². The van der Waals surface area contributed by atoms with E-state index in [9.17, 15) is 4.79 Å². The second-order valence-electron chi connectivity index (χ2n) is 5.11. The Morgan fingerprint density at radius 1 is 1.63 bits per heavy atom. The fourth-order valence-corrected chi connectivity index (χ4v) is 2.72. The van der Waals surface area contributed by atoms with Gasteiger partial charge in [-0.25, -0.2) is 0 Å². The Hall–Kier alpha value is -1.10. The minimum absolute atomic E-state index is 0.0333. The van der Waals surface area contributed by atoms with E-state index in [4.69, 9.17) is 17.3 Å². The number of hydrogen-bond donors (Lipinski definition) is 2. The molecule has 19 heavy (non-hydrogen) atoms. The molecule has 0 spiro atoms. The summed E-state index contributed by atoms with van der Waals surface area (Å²) in [4.78, 5) is 13.3. The summed E-state index contributed by atoms with van der Waals surface area (Å²) in [6.07, 6.45) is 0.988. The number of nitrogens with one attached hydrogen (secondary N) is 1. The van der Waals surface area contributed by atoms with E-state index in [1.54, 1.807) is 6.92 Å². The van der Waals surface area contributed by atoms with Crippen LogP contribution >= 0.6 is 11.6 Å². The monoisotopic (exact) mass is 281 g/mol. The normalized spacial score (nSPS) is 21.3. The van der Waals surface area contributed by atoms with Crippen molar-refractivity contribution < 1.29 is 4.79 Å². The second-order valence-corrected chi connectivity index (χ2v) is 5.54. The molecule has 1 fully saturated rings. The molecule has 1 aromatic rings. The summed E-state index contributed by atoms with van der Waals surface area (Å²) in [7, 11) is 0. The number of amides is 1. The lowest BCUT2D eigenvalue weighted by Gasteiger charge is -2.21. The molecular weight excluding hydrogens is 262 g/mol. The fourth-order valence-electron chi connectivity index (χ4n) is 2.52. The lowest BCUT2D eigenvalue weighted by molar-refractivity contribution is -0.119. The lowest BCUT2D eigenvalue weighted by Crippen LogP contribution is -2.37. The van der Waals surface area contributed by atoms with Crippen molar-refractivity contribution in [3.8, 4) is 0 Å². The van der Waals surface area contributed by atoms with Gasteiger partial charge in [0.25, 0.3) is 0 Å². The number of nitrogens with two attached hydrogens (primary N) is 1. The first-order valence-corrected chi connectivity index (χ1v) is 6.93. The van der Waals surface area contributed by atoms with Crippen molar-refractivity contribution in [1.29, 1.82) is 0 Å². The Morgan fingerprint density at radius 2 is 2.42 bits per heavy atom. The first-order chi connectivity index (χ1) is 9.04. The maximum absolute atomic E-state index is 11.0. The molecule has 5 heteroatoms. The maximum atomic E-state index is 11.0. The van der Waals surface area contributed by atoms with E-state index in [1.807, 2.05) is 24.3 Å². The Balaban J connectivity index is 1.87. The van der Waals surface area contributed by atoms with Gasteiger partial charge in [0.1, 0.15) is 0 Å². The van der Waals surface area contributed by atoms with Gasteiger partial charge in [0.05, 0.1) is 0 Å². The summed E-state index contributed by atoms with van der Waals surface area (Å²) in [6.45, 7) is 4.18. The Morgan fingerprint density at radius 3 is 3.11 bits per heavy atom. The van der Waals surface area contributed by atoms with E-state index >= 15 is 0 Å². The van der Waals surface area contributed by atoms with E-state index < -0.39 is 0 Å². The van der Waals surface area contributed by atoms with Crippen molar-refractivity contribution in [3.63, 3.8) is 0 Å². The molecule has 0 aliphatic carbocycles. The van der Waals surface area contributed by atoms with E-state index in [2.05, 4.69) is 10.2 Å². The van der Waals surface area contributed by atoms with Gasteiger partial charge in [-0.2, -0.15) is 0 Å². The smallest absolute Gasteiger partial charge is 0.217 e. The van der Waals surface area contributed by atoms with Crippen LogP contribution in [0.5, 0.6) is 0 Å². The Labute approximate surface area is 118 Å². The van der Waals surface area contributed by atoms with Gasteiger partial charge >= 0.3 is 0 Å². The second kappa shape index (κ2) is 6.37. The van der Waals surface area contributed by atoms with Gasteiger partial charge in [-0.3, -0.25) is 9.69 Å². The highest BCUT2D eigenvalue weighted by atomic mass is 35.5. The molecule has 1 heterocycles. The van der Waals surface area contributed by atoms with E-state index in [0.29, 0.717) is 5.02 Å². The number of benzene rings is 1. The zero-order valence-corrected chi connectivity index (χ0v) is 11.9. The van der Waals surface area contributed by atoms with Crippen molar-refractivity contribution in [2.75, 3.05) is 19.6 Å². The van der Waals surface area contributed by atoms with Crippen LogP contribution in [0.25, 0.3) is 0 Å². The summed E-state index contributed by atoms with van der Waals surface area (Å²) < 4.78 is 0. The number of halogens is 1. The van der Waals surface area contributed by atoms with Gasteiger partial charge in [-0.05, 0) is 24.1 Å². The molecule has 4 nitrogen and oxygen atoms in total. The van der Waals surface area contributed by atoms with E-state index in [-0.39, 0.29) is 18.0 Å². The van der Waals surface area contributed by atoms with Crippen LogP contribution in [0.2, 0.25) is 5.02 Å². The summed E-state index contributed by atoms with van der Waals surface area (Å²) in [6, 6.07) is 7.88. The number of carbonyl (C=O) groups is 1. The van der Waals surface area contributed by atoms with Crippen molar-refractivity contribution in [1.82, 2.24) is 10.2 Å². The van der Waals surface area contributed by atoms with Gasteiger partial charge in [-0.15, -0.1) is 0 Å². The zero-order chi connectivity index (χ0) is 13.8. The molecule has 3 N–H and O–H groups in total. The van der Waals surface area contributed by atoms with Crippen LogP contribution in [0.1, 0.15) is 24.9 Å².